The third-order valence-electron chi connectivity index (χ3n) is 4.04. The average Bonchev–Trinajstić information content (AvgIpc) is 2.42. The second kappa shape index (κ2) is 6.59. The highest BCUT2D eigenvalue weighted by molar-refractivity contribution is 5.68. The molecule has 1 unspecified atom stereocenters. The number of benzene rings is 1. The molecule has 1 amide bonds. The van der Waals surface area contributed by atoms with Crippen molar-refractivity contribution in [2.45, 2.75) is 59.1 Å². The van der Waals surface area contributed by atoms with Gasteiger partial charge in [-0.05, 0) is 64.7 Å². The molecule has 0 radical (unpaired) electrons. The highest BCUT2D eigenvalue weighted by Crippen LogP contribution is 2.22. The normalized spacial score (nSPS) is 19.0. The van der Waals surface area contributed by atoms with Crippen LogP contribution < -0.4 is 5.32 Å². The Morgan fingerprint density at radius 2 is 2.05 bits per heavy atom. The van der Waals surface area contributed by atoms with Crippen LogP contribution in [0.15, 0.2) is 18.2 Å². The summed E-state index contributed by atoms with van der Waals surface area (Å²) in [5.74, 6) is 0. The number of amides is 1. The second-order valence-corrected chi connectivity index (χ2v) is 7.16. The van der Waals surface area contributed by atoms with Gasteiger partial charge in [-0.25, -0.2) is 4.79 Å². The monoisotopic (exact) mass is 304 g/mol. The van der Waals surface area contributed by atoms with E-state index in [-0.39, 0.29) is 12.1 Å². The fraction of sp³-hybridized carbons (Fsp3) is 0.611. The van der Waals surface area contributed by atoms with Gasteiger partial charge in [0, 0.05) is 24.8 Å². The van der Waals surface area contributed by atoms with Crippen molar-refractivity contribution in [2.75, 3.05) is 18.4 Å². The van der Waals surface area contributed by atoms with Crippen LogP contribution in [0.1, 0.15) is 44.7 Å². The van der Waals surface area contributed by atoms with Crippen molar-refractivity contribution in [1.82, 2.24) is 4.90 Å². The number of aryl methyl sites for hydroxylation is 1. The van der Waals surface area contributed by atoms with E-state index in [1.54, 1.807) is 0 Å². The summed E-state index contributed by atoms with van der Waals surface area (Å²) in [6, 6.07) is 6.57. The van der Waals surface area contributed by atoms with E-state index in [1.165, 1.54) is 11.1 Å². The van der Waals surface area contributed by atoms with Crippen LogP contribution in [-0.2, 0) is 4.74 Å². The summed E-state index contributed by atoms with van der Waals surface area (Å²) < 4.78 is 5.48. The molecule has 1 N–H and O–H groups in total. The lowest BCUT2D eigenvalue weighted by atomic mass is 10.0. The lowest BCUT2D eigenvalue weighted by molar-refractivity contribution is 0.0206. The molecule has 1 fully saturated rings. The molecule has 1 atom stereocenters. The molecule has 4 nitrogen and oxygen atoms in total. The number of hydrogen-bond donors (Lipinski definition) is 1. The van der Waals surface area contributed by atoms with Gasteiger partial charge >= 0.3 is 6.09 Å². The molecular formula is C18H28N2O2. The molecule has 0 aromatic heterocycles. The van der Waals surface area contributed by atoms with Crippen molar-refractivity contribution < 1.29 is 9.53 Å². The molecule has 0 spiro atoms. The SMILES string of the molecule is Cc1cccc(NC2CCCN(C(=O)OC(C)(C)C)C2)c1C. The number of nitrogens with one attached hydrogen (secondary N) is 1. The maximum Gasteiger partial charge on any atom is 0.410 e. The molecule has 1 saturated heterocycles. The molecule has 122 valence electrons. The van der Waals surface area contributed by atoms with Gasteiger partial charge in [0.15, 0.2) is 0 Å². The predicted octanol–water partition coefficient (Wildman–Crippen LogP) is 4.11. The number of nitrogens with zero attached hydrogens (tertiary/aromatic N) is 1. The maximum absolute atomic E-state index is 12.2. The van der Waals surface area contributed by atoms with Crippen LogP contribution in [0.2, 0.25) is 0 Å². The quantitative estimate of drug-likeness (QED) is 0.894. The lowest BCUT2D eigenvalue weighted by Crippen LogP contribution is -2.47. The zero-order valence-electron chi connectivity index (χ0n) is 14.4. The Morgan fingerprint density at radius 3 is 2.73 bits per heavy atom. The molecule has 1 aromatic rings. The Labute approximate surface area is 133 Å². The molecule has 2 rings (SSSR count). The fourth-order valence-electron chi connectivity index (χ4n) is 2.71. The van der Waals surface area contributed by atoms with Crippen molar-refractivity contribution in [3.8, 4) is 0 Å². The van der Waals surface area contributed by atoms with E-state index in [2.05, 4.69) is 37.4 Å². The highest BCUT2D eigenvalue weighted by Gasteiger charge is 2.27. The van der Waals surface area contributed by atoms with E-state index in [0.717, 1.165) is 25.1 Å². The van der Waals surface area contributed by atoms with Gasteiger partial charge in [0.1, 0.15) is 5.60 Å². The molecule has 1 aromatic carbocycles. The van der Waals surface area contributed by atoms with Gasteiger partial charge in [-0.1, -0.05) is 12.1 Å². The van der Waals surface area contributed by atoms with Crippen molar-refractivity contribution in [1.29, 1.82) is 0 Å². The third kappa shape index (κ3) is 4.39. The Balaban J connectivity index is 1.99. The van der Waals surface area contributed by atoms with Gasteiger partial charge in [0.25, 0.3) is 0 Å². The van der Waals surface area contributed by atoms with Crippen molar-refractivity contribution in [3.63, 3.8) is 0 Å². The van der Waals surface area contributed by atoms with Crippen LogP contribution in [0.4, 0.5) is 10.5 Å². The Hall–Kier alpha value is -1.71. The molecule has 0 saturated carbocycles. The van der Waals surface area contributed by atoms with Crippen LogP contribution in [0.5, 0.6) is 0 Å². The summed E-state index contributed by atoms with van der Waals surface area (Å²) in [7, 11) is 0. The van der Waals surface area contributed by atoms with E-state index >= 15 is 0 Å². The summed E-state index contributed by atoms with van der Waals surface area (Å²) in [6.07, 6.45) is 1.87. The Kier molecular flexibility index (Phi) is 4.99. The van der Waals surface area contributed by atoms with Crippen molar-refractivity contribution >= 4 is 11.8 Å². The van der Waals surface area contributed by atoms with Gasteiger partial charge < -0.3 is 15.0 Å². The van der Waals surface area contributed by atoms with E-state index in [1.807, 2.05) is 25.7 Å². The van der Waals surface area contributed by atoms with Gasteiger partial charge in [-0.15, -0.1) is 0 Å². The molecule has 0 bridgehead atoms. The second-order valence-electron chi connectivity index (χ2n) is 7.16. The smallest absolute Gasteiger partial charge is 0.410 e. The van der Waals surface area contributed by atoms with E-state index in [0.29, 0.717) is 6.54 Å². The van der Waals surface area contributed by atoms with Gasteiger partial charge in [0.05, 0.1) is 0 Å². The minimum Gasteiger partial charge on any atom is -0.444 e. The average molecular weight is 304 g/mol. The summed E-state index contributed by atoms with van der Waals surface area (Å²) >= 11 is 0. The number of hydrogen-bond acceptors (Lipinski definition) is 3. The van der Waals surface area contributed by atoms with Crippen molar-refractivity contribution in [3.05, 3.63) is 29.3 Å². The standard InChI is InChI=1S/C18H28N2O2/c1-13-8-6-10-16(14(13)2)19-15-9-7-11-20(12-15)17(21)22-18(3,4)5/h6,8,10,15,19H,7,9,11-12H2,1-5H3. The number of piperidine rings is 1. The number of carbonyl (C=O) groups excluding carboxylic acids is 1. The fourth-order valence-corrected chi connectivity index (χ4v) is 2.71. The molecule has 4 heteroatoms. The summed E-state index contributed by atoms with van der Waals surface area (Å²) in [4.78, 5) is 14.0. The molecular weight excluding hydrogens is 276 g/mol. The van der Waals surface area contributed by atoms with Gasteiger partial charge in [-0.2, -0.15) is 0 Å². The number of likely N-dealkylation sites (tertiary alicyclic amines) is 1. The lowest BCUT2D eigenvalue weighted by Gasteiger charge is -2.35. The van der Waals surface area contributed by atoms with Crippen LogP contribution >= 0.6 is 0 Å². The Bertz CT molecular complexity index is 534. The number of carbonyl (C=O) groups is 1. The van der Waals surface area contributed by atoms with Crippen LogP contribution in [0.3, 0.4) is 0 Å². The third-order valence-corrected chi connectivity index (χ3v) is 4.04. The minimum atomic E-state index is -0.440. The van der Waals surface area contributed by atoms with Crippen LogP contribution in [-0.4, -0.2) is 35.7 Å². The zero-order chi connectivity index (χ0) is 16.3. The molecule has 0 aliphatic carbocycles. The summed E-state index contributed by atoms with van der Waals surface area (Å²) in [5.41, 5.74) is 3.28. The first-order chi connectivity index (χ1) is 10.3. The zero-order valence-corrected chi connectivity index (χ0v) is 14.4. The first-order valence-corrected chi connectivity index (χ1v) is 8.07. The first kappa shape index (κ1) is 16.7. The molecule has 1 aliphatic heterocycles. The molecule has 1 aliphatic rings. The van der Waals surface area contributed by atoms with E-state index in [9.17, 15) is 4.79 Å². The van der Waals surface area contributed by atoms with E-state index in [4.69, 9.17) is 4.74 Å². The topological polar surface area (TPSA) is 41.6 Å². The Morgan fingerprint density at radius 1 is 1.32 bits per heavy atom. The number of ether oxygens (including phenoxy) is 1. The molecule has 1 heterocycles. The summed E-state index contributed by atoms with van der Waals surface area (Å²) in [5, 5.41) is 3.59. The minimum absolute atomic E-state index is 0.208. The predicted molar refractivity (Wildman–Crippen MR) is 90.4 cm³/mol. The van der Waals surface area contributed by atoms with Crippen molar-refractivity contribution in [2.24, 2.45) is 0 Å². The van der Waals surface area contributed by atoms with Crippen LogP contribution in [0, 0.1) is 13.8 Å². The summed E-state index contributed by atoms with van der Waals surface area (Å²) in [6.45, 7) is 11.4. The highest BCUT2D eigenvalue weighted by atomic mass is 16.6. The number of anilines is 1. The van der Waals surface area contributed by atoms with Gasteiger partial charge in [0.2, 0.25) is 0 Å². The van der Waals surface area contributed by atoms with Gasteiger partial charge in [-0.3, -0.25) is 0 Å². The maximum atomic E-state index is 12.2. The van der Waals surface area contributed by atoms with E-state index < -0.39 is 5.60 Å². The van der Waals surface area contributed by atoms with Crippen LogP contribution in [0.25, 0.3) is 0 Å². The first-order valence-electron chi connectivity index (χ1n) is 8.07. The number of rotatable bonds is 2. The molecule has 22 heavy (non-hydrogen) atoms. The largest absolute Gasteiger partial charge is 0.444 e.